The number of anilines is 3. The first-order valence-electron chi connectivity index (χ1n) is 11.3. The maximum atomic E-state index is 5.82. The van der Waals surface area contributed by atoms with Crippen molar-refractivity contribution in [2.24, 2.45) is 5.73 Å². The summed E-state index contributed by atoms with van der Waals surface area (Å²) >= 11 is 0. The molecule has 9 nitrogen and oxygen atoms in total. The Morgan fingerprint density at radius 2 is 1.97 bits per heavy atom. The fraction of sp³-hybridized carbons (Fsp3) is 0.591. The molecule has 1 saturated heterocycles. The second-order valence-electron chi connectivity index (χ2n) is 8.34. The predicted molar refractivity (Wildman–Crippen MR) is 123 cm³/mol. The number of rotatable bonds is 11. The summed E-state index contributed by atoms with van der Waals surface area (Å²) in [5, 5.41) is 6.65. The number of piperazine rings is 1. The van der Waals surface area contributed by atoms with E-state index in [4.69, 9.17) is 10.5 Å². The molecule has 1 saturated carbocycles. The van der Waals surface area contributed by atoms with Gasteiger partial charge in [0.25, 0.3) is 0 Å². The first kappa shape index (κ1) is 21.7. The number of pyridine rings is 1. The van der Waals surface area contributed by atoms with Gasteiger partial charge in [-0.3, -0.25) is 4.90 Å². The van der Waals surface area contributed by atoms with Crippen molar-refractivity contribution in [2.45, 2.75) is 25.2 Å². The largest absolute Gasteiger partial charge is 0.476 e. The normalized spacial score (nSPS) is 17.5. The number of aromatic nitrogens is 3. The molecule has 4 rings (SSSR count). The van der Waals surface area contributed by atoms with Crippen molar-refractivity contribution in [3.8, 4) is 5.88 Å². The maximum Gasteiger partial charge on any atom is 0.229 e. The molecule has 31 heavy (non-hydrogen) atoms. The second kappa shape index (κ2) is 10.7. The molecule has 0 radical (unpaired) electrons. The van der Waals surface area contributed by atoms with Crippen LogP contribution in [0, 0.1) is 0 Å². The van der Waals surface area contributed by atoms with Gasteiger partial charge < -0.3 is 26.0 Å². The molecule has 4 N–H and O–H groups in total. The van der Waals surface area contributed by atoms with E-state index in [2.05, 4.69) is 42.4 Å². The quantitative estimate of drug-likeness (QED) is 0.465. The van der Waals surface area contributed by atoms with Crippen LogP contribution in [-0.4, -0.2) is 84.2 Å². The zero-order valence-electron chi connectivity index (χ0n) is 18.4. The minimum absolute atomic E-state index is 0.560. The highest BCUT2D eigenvalue weighted by atomic mass is 16.5. The van der Waals surface area contributed by atoms with Gasteiger partial charge >= 0.3 is 0 Å². The van der Waals surface area contributed by atoms with Crippen LogP contribution in [0.2, 0.25) is 0 Å². The molecule has 0 amide bonds. The highest BCUT2D eigenvalue weighted by Gasteiger charge is 2.27. The van der Waals surface area contributed by atoms with Gasteiger partial charge in [-0.15, -0.1) is 0 Å². The molecule has 9 heteroatoms. The van der Waals surface area contributed by atoms with Gasteiger partial charge in [-0.25, -0.2) is 9.97 Å². The average molecular weight is 427 g/mol. The van der Waals surface area contributed by atoms with E-state index < -0.39 is 0 Å². The highest BCUT2D eigenvalue weighted by molar-refractivity contribution is 5.56. The van der Waals surface area contributed by atoms with E-state index in [1.165, 1.54) is 18.4 Å². The van der Waals surface area contributed by atoms with Gasteiger partial charge in [-0.1, -0.05) is 0 Å². The molecule has 2 aromatic heterocycles. The standard InChI is InChI=1S/C22H34N8O/c1-29-9-11-30(12-10-29)13-14-31-20-6-5-18(15-25-20)27-22-26-16-19(17-3-4-17)21(28-22)24-8-2-7-23/h5-6,15-17H,2-4,7-14,23H2,1H3,(H2,24,26,27,28). The summed E-state index contributed by atoms with van der Waals surface area (Å²) in [6.45, 7) is 7.48. The topological polar surface area (TPSA) is 104 Å². The fourth-order valence-corrected chi connectivity index (χ4v) is 3.61. The molecule has 1 aliphatic carbocycles. The molecule has 0 bridgehead atoms. The van der Waals surface area contributed by atoms with Gasteiger partial charge in [0, 0.05) is 57.1 Å². The summed E-state index contributed by atoms with van der Waals surface area (Å²) in [6.07, 6.45) is 7.02. The van der Waals surface area contributed by atoms with Crippen LogP contribution in [0.1, 0.15) is 30.7 Å². The summed E-state index contributed by atoms with van der Waals surface area (Å²) < 4.78 is 5.82. The number of hydrogen-bond donors (Lipinski definition) is 3. The van der Waals surface area contributed by atoms with E-state index in [-0.39, 0.29) is 0 Å². The predicted octanol–water partition coefficient (Wildman–Crippen LogP) is 1.88. The van der Waals surface area contributed by atoms with Crippen molar-refractivity contribution in [3.63, 3.8) is 0 Å². The molecule has 2 aromatic rings. The molecule has 1 aliphatic heterocycles. The zero-order valence-corrected chi connectivity index (χ0v) is 18.4. The molecule has 0 unspecified atom stereocenters. The third-order valence-electron chi connectivity index (χ3n) is 5.75. The molecule has 2 fully saturated rings. The molecule has 0 spiro atoms. The molecule has 0 atom stereocenters. The molecule has 0 aromatic carbocycles. The monoisotopic (exact) mass is 426 g/mol. The summed E-state index contributed by atoms with van der Waals surface area (Å²) in [7, 11) is 2.17. The lowest BCUT2D eigenvalue weighted by molar-refractivity contribution is 0.132. The van der Waals surface area contributed by atoms with Crippen molar-refractivity contribution in [1.29, 1.82) is 0 Å². The van der Waals surface area contributed by atoms with Gasteiger partial charge in [0.2, 0.25) is 11.8 Å². The number of nitrogens with two attached hydrogens (primary N) is 1. The molecular formula is C22H34N8O. The fourth-order valence-electron chi connectivity index (χ4n) is 3.61. The minimum Gasteiger partial charge on any atom is -0.476 e. The maximum absolute atomic E-state index is 5.82. The van der Waals surface area contributed by atoms with Gasteiger partial charge in [0.05, 0.1) is 11.9 Å². The van der Waals surface area contributed by atoms with Crippen molar-refractivity contribution < 1.29 is 4.74 Å². The van der Waals surface area contributed by atoms with Crippen LogP contribution < -0.4 is 21.1 Å². The van der Waals surface area contributed by atoms with Crippen molar-refractivity contribution >= 4 is 17.5 Å². The molecular weight excluding hydrogens is 392 g/mol. The summed E-state index contributed by atoms with van der Waals surface area (Å²) in [4.78, 5) is 18.4. The zero-order chi connectivity index (χ0) is 21.5. The lowest BCUT2D eigenvalue weighted by Gasteiger charge is -2.32. The van der Waals surface area contributed by atoms with Crippen molar-refractivity contribution in [2.75, 3.05) is 70.1 Å². The van der Waals surface area contributed by atoms with Gasteiger partial charge in [-0.05, 0) is 44.8 Å². The SMILES string of the molecule is CN1CCN(CCOc2ccc(Nc3ncc(C4CC4)c(NCCCN)n3)cn2)CC1. The second-order valence-corrected chi connectivity index (χ2v) is 8.34. The number of likely N-dealkylation sites (N-methyl/N-ethyl adjacent to an activating group) is 1. The van der Waals surface area contributed by atoms with E-state index in [0.29, 0.717) is 30.9 Å². The van der Waals surface area contributed by atoms with Crippen LogP contribution in [0.3, 0.4) is 0 Å². The van der Waals surface area contributed by atoms with Crippen LogP contribution >= 0.6 is 0 Å². The van der Waals surface area contributed by atoms with Crippen LogP contribution in [0.5, 0.6) is 5.88 Å². The lowest BCUT2D eigenvalue weighted by Crippen LogP contribution is -2.45. The summed E-state index contributed by atoms with van der Waals surface area (Å²) in [5.41, 5.74) is 7.64. The highest BCUT2D eigenvalue weighted by Crippen LogP contribution is 2.42. The lowest BCUT2D eigenvalue weighted by atomic mass is 10.2. The Hall–Kier alpha value is -2.49. The first-order valence-corrected chi connectivity index (χ1v) is 11.3. The Morgan fingerprint density at radius 1 is 1.13 bits per heavy atom. The van der Waals surface area contributed by atoms with Crippen LogP contribution in [0.15, 0.2) is 24.5 Å². The van der Waals surface area contributed by atoms with Crippen molar-refractivity contribution in [1.82, 2.24) is 24.8 Å². The Bertz CT molecular complexity index is 819. The van der Waals surface area contributed by atoms with Crippen LogP contribution in [0.25, 0.3) is 0 Å². The summed E-state index contributed by atoms with van der Waals surface area (Å²) in [6, 6.07) is 3.82. The van der Waals surface area contributed by atoms with E-state index in [0.717, 1.165) is 57.2 Å². The molecule has 3 heterocycles. The Kier molecular flexibility index (Phi) is 7.50. The van der Waals surface area contributed by atoms with E-state index in [1.54, 1.807) is 6.20 Å². The number of ether oxygens (including phenoxy) is 1. The van der Waals surface area contributed by atoms with Crippen LogP contribution in [-0.2, 0) is 0 Å². The Morgan fingerprint density at radius 3 is 2.68 bits per heavy atom. The minimum atomic E-state index is 0.560. The van der Waals surface area contributed by atoms with Crippen LogP contribution in [0.4, 0.5) is 17.5 Å². The summed E-state index contributed by atoms with van der Waals surface area (Å²) in [5.74, 6) is 2.68. The first-order chi connectivity index (χ1) is 15.2. The van der Waals surface area contributed by atoms with Gasteiger partial charge in [-0.2, -0.15) is 4.98 Å². The van der Waals surface area contributed by atoms with E-state index in [1.807, 2.05) is 18.3 Å². The third kappa shape index (κ3) is 6.49. The van der Waals surface area contributed by atoms with E-state index >= 15 is 0 Å². The van der Waals surface area contributed by atoms with Gasteiger partial charge in [0.15, 0.2) is 0 Å². The molecule has 2 aliphatic rings. The number of nitrogens with one attached hydrogen (secondary N) is 2. The smallest absolute Gasteiger partial charge is 0.229 e. The Labute approximate surface area is 184 Å². The Balaban J connectivity index is 1.28. The van der Waals surface area contributed by atoms with E-state index in [9.17, 15) is 0 Å². The van der Waals surface area contributed by atoms with Crippen molar-refractivity contribution in [3.05, 3.63) is 30.1 Å². The number of hydrogen-bond acceptors (Lipinski definition) is 9. The average Bonchev–Trinajstić information content (AvgIpc) is 3.62. The number of nitrogens with zero attached hydrogens (tertiary/aromatic N) is 5. The van der Waals surface area contributed by atoms with Gasteiger partial charge in [0.1, 0.15) is 12.4 Å². The third-order valence-corrected chi connectivity index (χ3v) is 5.75. The molecule has 168 valence electrons.